The summed E-state index contributed by atoms with van der Waals surface area (Å²) < 4.78 is 0. The first-order valence-corrected chi connectivity index (χ1v) is 5.44. The van der Waals surface area contributed by atoms with E-state index in [1.807, 2.05) is 0 Å². The number of likely N-dealkylation sites (tertiary alicyclic amines) is 1. The predicted octanol–water partition coefficient (Wildman–Crippen LogP) is 2.09. The zero-order valence-electron chi connectivity index (χ0n) is 9.05. The Morgan fingerprint density at radius 1 is 1.38 bits per heavy atom. The van der Waals surface area contributed by atoms with Crippen molar-refractivity contribution in [2.24, 2.45) is 5.92 Å². The van der Waals surface area contributed by atoms with Gasteiger partial charge in [-0.2, -0.15) is 0 Å². The fraction of sp³-hybridized carbons (Fsp3) is 0.909. The van der Waals surface area contributed by atoms with Crippen LogP contribution in [-0.4, -0.2) is 29.8 Å². The van der Waals surface area contributed by atoms with E-state index in [1.54, 1.807) is 0 Å². The summed E-state index contributed by atoms with van der Waals surface area (Å²) >= 11 is 0. The van der Waals surface area contributed by atoms with Gasteiger partial charge in [-0.25, -0.2) is 0 Å². The molecule has 13 heavy (non-hydrogen) atoms. The molecule has 1 unspecified atom stereocenters. The number of hydrogen-bond acceptors (Lipinski definition) is 2. The molecule has 1 saturated heterocycles. The highest BCUT2D eigenvalue weighted by atomic mass is 16.1. The number of carbonyl (C=O) groups is 1. The highest BCUT2D eigenvalue weighted by Crippen LogP contribution is 2.20. The second-order valence-electron chi connectivity index (χ2n) is 4.08. The van der Waals surface area contributed by atoms with Gasteiger partial charge in [-0.05, 0) is 12.8 Å². The molecule has 2 heteroatoms. The first-order valence-electron chi connectivity index (χ1n) is 5.44. The first-order chi connectivity index (χ1) is 6.19. The molecular weight excluding hydrogens is 162 g/mol. The Bertz CT molecular complexity index is 175. The van der Waals surface area contributed by atoms with Crippen molar-refractivity contribution in [1.82, 2.24) is 4.90 Å². The van der Waals surface area contributed by atoms with Crippen molar-refractivity contribution in [3.05, 3.63) is 0 Å². The van der Waals surface area contributed by atoms with E-state index in [9.17, 15) is 4.79 Å². The summed E-state index contributed by atoms with van der Waals surface area (Å²) in [5.41, 5.74) is 0. The molecule has 1 aliphatic heterocycles. The molecule has 1 rings (SSSR count). The minimum atomic E-state index is 0.415. The van der Waals surface area contributed by atoms with E-state index in [1.165, 1.54) is 12.8 Å². The maximum Gasteiger partial charge on any atom is 0.148 e. The Hall–Kier alpha value is -0.370. The molecule has 0 radical (unpaired) electrons. The van der Waals surface area contributed by atoms with E-state index in [0.29, 0.717) is 18.4 Å². The van der Waals surface area contributed by atoms with E-state index in [-0.39, 0.29) is 0 Å². The third kappa shape index (κ3) is 2.53. The molecule has 0 aromatic carbocycles. The van der Waals surface area contributed by atoms with Crippen molar-refractivity contribution in [3.8, 4) is 0 Å². The largest absolute Gasteiger partial charge is 0.298 e. The predicted molar refractivity (Wildman–Crippen MR) is 54.7 cm³/mol. The summed E-state index contributed by atoms with van der Waals surface area (Å²) in [7, 11) is 0. The molecular formula is C11H21NO. The molecule has 76 valence electrons. The quantitative estimate of drug-likeness (QED) is 0.665. The molecule has 1 aliphatic rings. The molecule has 1 fully saturated rings. The Morgan fingerprint density at radius 3 is 2.38 bits per heavy atom. The van der Waals surface area contributed by atoms with Gasteiger partial charge in [0.1, 0.15) is 5.78 Å². The topological polar surface area (TPSA) is 20.3 Å². The van der Waals surface area contributed by atoms with Crippen molar-refractivity contribution in [2.75, 3.05) is 13.1 Å². The maximum atomic E-state index is 11.1. The Balaban J connectivity index is 2.46. The summed E-state index contributed by atoms with van der Waals surface area (Å²) in [6.45, 7) is 8.41. The van der Waals surface area contributed by atoms with Crippen molar-refractivity contribution in [3.63, 3.8) is 0 Å². The summed E-state index contributed by atoms with van der Waals surface area (Å²) in [6.07, 6.45) is 3.22. The average Bonchev–Trinajstić information content (AvgIpc) is 2.54. The molecule has 0 aliphatic carbocycles. The Labute approximate surface area is 81.3 Å². The van der Waals surface area contributed by atoms with Gasteiger partial charge in [0, 0.05) is 19.0 Å². The highest BCUT2D eigenvalue weighted by molar-refractivity contribution is 5.82. The molecule has 0 aromatic heterocycles. The third-order valence-corrected chi connectivity index (χ3v) is 3.36. The van der Waals surface area contributed by atoms with Crippen LogP contribution >= 0.6 is 0 Å². The molecule has 0 amide bonds. The van der Waals surface area contributed by atoms with Gasteiger partial charge < -0.3 is 0 Å². The lowest BCUT2D eigenvalue weighted by Gasteiger charge is -2.29. The minimum absolute atomic E-state index is 0.415. The van der Waals surface area contributed by atoms with Crippen LogP contribution in [0.25, 0.3) is 0 Å². The summed E-state index contributed by atoms with van der Waals surface area (Å²) in [5.74, 6) is 1.17. The van der Waals surface area contributed by atoms with Gasteiger partial charge in [0.2, 0.25) is 0 Å². The number of hydrogen-bond donors (Lipinski definition) is 0. The van der Waals surface area contributed by atoms with Crippen LogP contribution < -0.4 is 0 Å². The van der Waals surface area contributed by atoms with Crippen LogP contribution in [0.5, 0.6) is 0 Å². The normalized spacial score (nSPS) is 21.4. The number of ketones is 1. The van der Waals surface area contributed by atoms with Crippen LogP contribution in [0.4, 0.5) is 0 Å². The fourth-order valence-corrected chi connectivity index (χ4v) is 2.27. The highest BCUT2D eigenvalue weighted by Gasteiger charge is 2.27. The zero-order valence-corrected chi connectivity index (χ0v) is 9.05. The van der Waals surface area contributed by atoms with Crippen molar-refractivity contribution in [1.29, 1.82) is 0 Å². The van der Waals surface area contributed by atoms with Crippen LogP contribution in [0.1, 0.15) is 40.0 Å². The van der Waals surface area contributed by atoms with Gasteiger partial charge in [0.05, 0.1) is 6.54 Å². The molecule has 0 bridgehead atoms. The number of carbonyl (C=O) groups excluding carboxylic acids is 1. The molecule has 0 aromatic rings. The molecule has 1 atom stereocenters. The maximum absolute atomic E-state index is 11.1. The second kappa shape index (κ2) is 4.75. The van der Waals surface area contributed by atoms with E-state index in [2.05, 4.69) is 25.7 Å². The van der Waals surface area contributed by atoms with Crippen LogP contribution in [0.2, 0.25) is 0 Å². The lowest BCUT2D eigenvalue weighted by Crippen LogP contribution is -2.36. The lowest BCUT2D eigenvalue weighted by molar-refractivity contribution is -0.117. The lowest BCUT2D eigenvalue weighted by atomic mass is 9.94. The number of Topliss-reactive ketones (excluding diaryl/α,β-unsaturated/α-hetero) is 1. The molecule has 0 spiro atoms. The first kappa shape index (κ1) is 10.7. The van der Waals surface area contributed by atoms with E-state index in [4.69, 9.17) is 0 Å². The smallest absolute Gasteiger partial charge is 0.148 e. The molecule has 1 heterocycles. The Morgan fingerprint density at radius 2 is 2.00 bits per heavy atom. The summed E-state index contributed by atoms with van der Waals surface area (Å²) in [5, 5.41) is 0. The van der Waals surface area contributed by atoms with Crippen LogP contribution in [-0.2, 0) is 4.79 Å². The zero-order chi connectivity index (χ0) is 9.84. The minimum Gasteiger partial charge on any atom is -0.298 e. The molecule has 2 nitrogen and oxygen atoms in total. The molecule has 0 saturated carbocycles. The van der Waals surface area contributed by atoms with E-state index < -0.39 is 0 Å². The van der Waals surface area contributed by atoms with E-state index in [0.717, 1.165) is 18.9 Å². The Kier molecular flexibility index (Phi) is 3.91. The number of rotatable bonds is 4. The van der Waals surface area contributed by atoms with Crippen LogP contribution in [0, 0.1) is 5.92 Å². The van der Waals surface area contributed by atoms with Gasteiger partial charge >= 0.3 is 0 Å². The van der Waals surface area contributed by atoms with Gasteiger partial charge in [-0.15, -0.1) is 0 Å². The SMILES string of the molecule is CCC(CC)C(C)N1CCC(=O)C1. The standard InChI is InChI=1S/C11H21NO/c1-4-10(5-2)9(3)12-7-6-11(13)8-12/h9-10H,4-8H2,1-3H3. The van der Waals surface area contributed by atoms with Crippen molar-refractivity contribution in [2.45, 2.75) is 46.1 Å². The van der Waals surface area contributed by atoms with Crippen LogP contribution in [0.15, 0.2) is 0 Å². The van der Waals surface area contributed by atoms with Crippen molar-refractivity contribution < 1.29 is 4.79 Å². The van der Waals surface area contributed by atoms with Gasteiger partial charge in [0.25, 0.3) is 0 Å². The second-order valence-corrected chi connectivity index (χ2v) is 4.08. The fourth-order valence-electron chi connectivity index (χ4n) is 2.27. The monoisotopic (exact) mass is 183 g/mol. The average molecular weight is 183 g/mol. The summed E-state index contributed by atoms with van der Waals surface area (Å²) in [4.78, 5) is 13.4. The van der Waals surface area contributed by atoms with Gasteiger partial charge in [0.15, 0.2) is 0 Å². The van der Waals surface area contributed by atoms with Gasteiger partial charge in [-0.3, -0.25) is 9.69 Å². The van der Waals surface area contributed by atoms with Crippen LogP contribution in [0.3, 0.4) is 0 Å². The third-order valence-electron chi connectivity index (χ3n) is 3.36. The molecule has 0 N–H and O–H groups in total. The van der Waals surface area contributed by atoms with Crippen molar-refractivity contribution >= 4 is 5.78 Å². The summed E-state index contributed by atoms with van der Waals surface area (Å²) in [6, 6.07) is 0.585. The van der Waals surface area contributed by atoms with Gasteiger partial charge in [-0.1, -0.05) is 26.7 Å². The van der Waals surface area contributed by atoms with E-state index >= 15 is 0 Å². The number of nitrogens with zero attached hydrogens (tertiary/aromatic N) is 1.